The molecule has 1 aromatic carbocycles. The van der Waals surface area contributed by atoms with Crippen LogP contribution in [0, 0.1) is 0 Å². The van der Waals surface area contributed by atoms with Gasteiger partial charge in [0.1, 0.15) is 0 Å². The third-order valence-electron chi connectivity index (χ3n) is 3.40. The lowest BCUT2D eigenvalue weighted by atomic mass is 10.0. The first-order chi connectivity index (χ1) is 9.74. The van der Waals surface area contributed by atoms with Gasteiger partial charge in [-0.3, -0.25) is 0 Å². The first-order valence-electron chi connectivity index (χ1n) is 7.12. The highest BCUT2D eigenvalue weighted by molar-refractivity contribution is 6.30. The van der Waals surface area contributed by atoms with E-state index in [0.717, 1.165) is 29.8 Å². The molecule has 0 heterocycles. The van der Waals surface area contributed by atoms with E-state index < -0.39 is 6.10 Å². The Bertz CT molecular complexity index is 419. The van der Waals surface area contributed by atoms with Crippen LogP contribution in [0.1, 0.15) is 24.8 Å². The predicted octanol–water partition coefficient (Wildman–Crippen LogP) is 2.92. The third-order valence-corrected chi connectivity index (χ3v) is 3.66. The number of nitrogens with one attached hydrogen (secondary N) is 1. The van der Waals surface area contributed by atoms with Crippen LogP contribution >= 0.6 is 11.6 Å². The molecule has 4 heteroatoms. The zero-order chi connectivity index (χ0) is 14.2. The molecule has 1 aliphatic rings. The molecule has 1 aromatic rings. The van der Waals surface area contributed by atoms with Gasteiger partial charge in [0, 0.05) is 17.6 Å². The first-order valence-corrected chi connectivity index (χ1v) is 7.50. The van der Waals surface area contributed by atoms with Gasteiger partial charge < -0.3 is 15.2 Å². The maximum Gasteiger partial charge on any atom is 0.0897 e. The minimum Gasteiger partial charge on any atom is -0.389 e. The second kappa shape index (κ2) is 8.42. The summed E-state index contributed by atoms with van der Waals surface area (Å²) in [5.41, 5.74) is 1.06. The minimum atomic E-state index is -0.465. The molecule has 0 saturated carbocycles. The monoisotopic (exact) mass is 295 g/mol. The Labute approximate surface area is 125 Å². The van der Waals surface area contributed by atoms with Gasteiger partial charge in [0.2, 0.25) is 0 Å². The highest BCUT2D eigenvalue weighted by Crippen LogP contribution is 2.11. The summed E-state index contributed by atoms with van der Waals surface area (Å²) in [6.45, 7) is 1.43. The Morgan fingerprint density at radius 1 is 1.30 bits per heavy atom. The molecule has 2 rings (SSSR count). The van der Waals surface area contributed by atoms with E-state index in [9.17, 15) is 5.11 Å². The molecule has 3 nitrogen and oxygen atoms in total. The van der Waals surface area contributed by atoms with Crippen molar-refractivity contribution in [1.82, 2.24) is 5.32 Å². The van der Waals surface area contributed by atoms with Crippen LogP contribution in [0.5, 0.6) is 0 Å². The summed E-state index contributed by atoms with van der Waals surface area (Å²) in [4.78, 5) is 0. The van der Waals surface area contributed by atoms with E-state index in [1.54, 1.807) is 0 Å². The second-order valence-electron chi connectivity index (χ2n) is 5.19. The van der Waals surface area contributed by atoms with Gasteiger partial charge in [-0.2, -0.15) is 0 Å². The number of ether oxygens (including phenoxy) is 1. The summed E-state index contributed by atoms with van der Waals surface area (Å²) >= 11 is 5.82. The Kier molecular flexibility index (Phi) is 6.54. The van der Waals surface area contributed by atoms with Crippen molar-refractivity contribution in [1.29, 1.82) is 0 Å². The van der Waals surface area contributed by atoms with Crippen molar-refractivity contribution in [3.63, 3.8) is 0 Å². The van der Waals surface area contributed by atoms with Gasteiger partial charge in [-0.25, -0.2) is 0 Å². The van der Waals surface area contributed by atoms with Gasteiger partial charge in [-0.05, 0) is 37.0 Å². The van der Waals surface area contributed by atoms with Crippen molar-refractivity contribution in [2.75, 3.05) is 13.2 Å². The van der Waals surface area contributed by atoms with Crippen LogP contribution < -0.4 is 5.32 Å². The quantitative estimate of drug-likeness (QED) is 0.760. The van der Waals surface area contributed by atoms with Crippen LogP contribution in [0.2, 0.25) is 5.02 Å². The van der Waals surface area contributed by atoms with Crippen LogP contribution in [-0.4, -0.2) is 30.4 Å². The average molecular weight is 296 g/mol. The molecule has 0 bridgehead atoms. The smallest absolute Gasteiger partial charge is 0.0897 e. The maximum absolute atomic E-state index is 9.88. The van der Waals surface area contributed by atoms with Crippen molar-refractivity contribution in [3.8, 4) is 0 Å². The van der Waals surface area contributed by atoms with E-state index in [4.69, 9.17) is 16.3 Å². The molecular weight excluding hydrogens is 274 g/mol. The van der Waals surface area contributed by atoms with Crippen LogP contribution in [0.15, 0.2) is 36.4 Å². The molecule has 2 atom stereocenters. The summed E-state index contributed by atoms with van der Waals surface area (Å²) in [5, 5.41) is 14.0. The molecule has 0 saturated heterocycles. The number of aliphatic hydroxyl groups excluding tert-OH is 1. The summed E-state index contributed by atoms with van der Waals surface area (Å²) in [5.74, 6) is 0. The molecule has 0 radical (unpaired) electrons. The van der Waals surface area contributed by atoms with E-state index in [1.165, 1.54) is 0 Å². The second-order valence-corrected chi connectivity index (χ2v) is 5.62. The van der Waals surface area contributed by atoms with Gasteiger partial charge in [0.25, 0.3) is 0 Å². The van der Waals surface area contributed by atoms with Gasteiger partial charge in [0.15, 0.2) is 0 Å². The largest absolute Gasteiger partial charge is 0.389 e. The van der Waals surface area contributed by atoms with E-state index >= 15 is 0 Å². The van der Waals surface area contributed by atoms with Crippen LogP contribution in [0.4, 0.5) is 0 Å². The van der Waals surface area contributed by atoms with Gasteiger partial charge in [0.05, 0.1) is 19.3 Å². The lowest BCUT2D eigenvalue weighted by molar-refractivity contribution is 0.0275. The third kappa shape index (κ3) is 5.63. The highest BCUT2D eigenvalue weighted by atomic mass is 35.5. The summed E-state index contributed by atoms with van der Waals surface area (Å²) in [7, 11) is 0. The molecule has 1 aliphatic carbocycles. The van der Waals surface area contributed by atoms with E-state index in [-0.39, 0.29) is 0 Å². The van der Waals surface area contributed by atoms with Crippen molar-refractivity contribution < 1.29 is 9.84 Å². The fourth-order valence-corrected chi connectivity index (χ4v) is 2.36. The van der Waals surface area contributed by atoms with Gasteiger partial charge >= 0.3 is 0 Å². The fraction of sp³-hybridized carbons (Fsp3) is 0.500. The van der Waals surface area contributed by atoms with E-state index in [1.807, 2.05) is 24.3 Å². The normalized spacial score (nSPS) is 20.0. The number of benzene rings is 1. The Morgan fingerprint density at radius 2 is 2.10 bits per heavy atom. The van der Waals surface area contributed by atoms with Crippen molar-refractivity contribution >= 4 is 11.6 Å². The SMILES string of the molecule is OC(CNC1CC=CCC1)COCc1ccc(Cl)cc1. The van der Waals surface area contributed by atoms with Crippen LogP contribution in [-0.2, 0) is 11.3 Å². The molecule has 0 aliphatic heterocycles. The first kappa shape index (κ1) is 15.5. The number of halogens is 1. The molecule has 20 heavy (non-hydrogen) atoms. The standard InChI is InChI=1S/C16H22ClNO2/c17-14-8-6-13(7-9-14)11-20-12-16(19)10-18-15-4-2-1-3-5-15/h1-2,6-9,15-16,18-19H,3-5,10-12H2. The van der Waals surface area contributed by atoms with E-state index in [2.05, 4.69) is 17.5 Å². The summed E-state index contributed by atoms with van der Waals surface area (Å²) in [6, 6.07) is 8.04. The molecular formula is C16H22ClNO2. The lowest BCUT2D eigenvalue weighted by Gasteiger charge is -2.21. The Balaban J connectivity index is 1.58. The van der Waals surface area contributed by atoms with Crippen molar-refractivity contribution in [3.05, 3.63) is 47.0 Å². The molecule has 0 aromatic heterocycles. The molecule has 110 valence electrons. The van der Waals surface area contributed by atoms with E-state index in [0.29, 0.717) is 25.8 Å². The number of hydrogen-bond acceptors (Lipinski definition) is 3. The highest BCUT2D eigenvalue weighted by Gasteiger charge is 2.11. The average Bonchev–Trinajstić information content (AvgIpc) is 2.48. The van der Waals surface area contributed by atoms with Crippen molar-refractivity contribution in [2.45, 2.75) is 38.0 Å². The molecule has 2 unspecified atom stereocenters. The van der Waals surface area contributed by atoms with Gasteiger partial charge in [-0.15, -0.1) is 0 Å². The molecule has 2 N–H and O–H groups in total. The number of aliphatic hydroxyl groups is 1. The number of allylic oxidation sites excluding steroid dienone is 1. The van der Waals surface area contributed by atoms with Crippen LogP contribution in [0.25, 0.3) is 0 Å². The number of rotatable bonds is 7. The summed E-state index contributed by atoms with van der Waals surface area (Å²) < 4.78 is 5.51. The minimum absolute atomic E-state index is 0.345. The summed E-state index contributed by atoms with van der Waals surface area (Å²) in [6.07, 6.45) is 7.27. The maximum atomic E-state index is 9.88. The predicted molar refractivity (Wildman–Crippen MR) is 81.9 cm³/mol. The zero-order valence-electron chi connectivity index (χ0n) is 11.6. The topological polar surface area (TPSA) is 41.5 Å². The van der Waals surface area contributed by atoms with Gasteiger partial charge in [-0.1, -0.05) is 35.9 Å². The fourth-order valence-electron chi connectivity index (χ4n) is 2.23. The molecule has 0 fully saturated rings. The zero-order valence-corrected chi connectivity index (χ0v) is 12.4. The number of hydrogen-bond donors (Lipinski definition) is 2. The lowest BCUT2D eigenvalue weighted by Crippen LogP contribution is -2.37. The Hall–Kier alpha value is -0.870. The van der Waals surface area contributed by atoms with Crippen LogP contribution in [0.3, 0.4) is 0 Å². The Morgan fingerprint density at radius 3 is 2.80 bits per heavy atom. The molecule has 0 amide bonds. The van der Waals surface area contributed by atoms with Crippen molar-refractivity contribution in [2.24, 2.45) is 0 Å². The molecule has 0 spiro atoms.